The Labute approximate surface area is 112 Å². The Morgan fingerprint density at radius 3 is 2.44 bits per heavy atom. The fourth-order valence-electron chi connectivity index (χ4n) is 1.40. The van der Waals surface area contributed by atoms with E-state index in [1.807, 2.05) is 0 Å². The van der Waals surface area contributed by atoms with Gasteiger partial charge in [0.1, 0.15) is 17.3 Å². The number of carbonyl (C=O) groups is 1. The predicted octanol–water partition coefficient (Wildman–Crippen LogP) is 3.71. The molecule has 3 nitrogen and oxygen atoms in total. The molecule has 0 aromatic heterocycles. The summed E-state index contributed by atoms with van der Waals surface area (Å²) < 4.78 is 33.9. The lowest BCUT2D eigenvalue weighted by molar-refractivity contribution is -0.116. The molecule has 0 heterocycles. The van der Waals surface area contributed by atoms with Gasteiger partial charge in [-0.05, 0) is 31.5 Å². The zero-order chi connectivity index (χ0) is 13.7. The number of carbonyl (C=O) groups excluding carboxylic acids is 1. The SMILES string of the molecule is CCOc1cc(OC(F)F)cc(C(Br)C(C)=O)c1. The third kappa shape index (κ3) is 4.25. The molecule has 0 bridgehead atoms. The summed E-state index contributed by atoms with van der Waals surface area (Å²) in [4.78, 5) is 10.7. The number of halogens is 3. The van der Waals surface area contributed by atoms with Crippen molar-refractivity contribution in [2.75, 3.05) is 6.61 Å². The molecule has 0 radical (unpaired) electrons. The molecule has 0 saturated carbocycles. The third-order valence-corrected chi connectivity index (χ3v) is 3.26. The van der Waals surface area contributed by atoms with Crippen molar-refractivity contribution in [3.05, 3.63) is 23.8 Å². The molecule has 1 aromatic rings. The summed E-state index contributed by atoms with van der Waals surface area (Å²) in [5.74, 6) is 0.222. The van der Waals surface area contributed by atoms with Gasteiger partial charge in [0.15, 0.2) is 0 Å². The first-order chi connectivity index (χ1) is 8.43. The number of ether oxygens (including phenoxy) is 2. The second-order valence-electron chi connectivity index (χ2n) is 3.52. The molecular weight excluding hydrogens is 310 g/mol. The van der Waals surface area contributed by atoms with Gasteiger partial charge in [0.05, 0.1) is 11.4 Å². The first kappa shape index (κ1) is 14.9. The molecule has 0 spiro atoms. The standard InChI is InChI=1S/C12H13BrF2O3/c1-3-17-9-4-8(11(13)7(2)16)5-10(6-9)18-12(14)15/h4-6,11-12H,3H2,1-2H3. The molecule has 0 amide bonds. The van der Waals surface area contributed by atoms with Crippen LogP contribution < -0.4 is 9.47 Å². The molecule has 1 unspecified atom stereocenters. The number of ketones is 1. The smallest absolute Gasteiger partial charge is 0.387 e. The Hall–Kier alpha value is -1.17. The van der Waals surface area contributed by atoms with E-state index in [1.165, 1.54) is 19.1 Å². The van der Waals surface area contributed by atoms with Crippen LogP contribution >= 0.6 is 15.9 Å². The van der Waals surface area contributed by atoms with E-state index in [0.29, 0.717) is 17.9 Å². The van der Waals surface area contributed by atoms with Gasteiger partial charge in [-0.15, -0.1) is 0 Å². The van der Waals surface area contributed by atoms with Gasteiger partial charge in [0.25, 0.3) is 0 Å². The van der Waals surface area contributed by atoms with E-state index in [2.05, 4.69) is 20.7 Å². The van der Waals surface area contributed by atoms with Crippen molar-refractivity contribution in [2.45, 2.75) is 25.3 Å². The topological polar surface area (TPSA) is 35.5 Å². The van der Waals surface area contributed by atoms with Crippen LogP contribution in [0, 0.1) is 0 Å². The average Bonchev–Trinajstić information content (AvgIpc) is 2.27. The van der Waals surface area contributed by atoms with Gasteiger partial charge in [-0.2, -0.15) is 8.78 Å². The van der Waals surface area contributed by atoms with E-state index in [0.717, 1.165) is 0 Å². The van der Waals surface area contributed by atoms with Crippen molar-refractivity contribution < 1.29 is 23.0 Å². The minimum atomic E-state index is -2.92. The van der Waals surface area contributed by atoms with E-state index in [1.54, 1.807) is 13.0 Å². The fraction of sp³-hybridized carbons (Fsp3) is 0.417. The van der Waals surface area contributed by atoms with Crippen LogP contribution in [0.15, 0.2) is 18.2 Å². The van der Waals surface area contributed by atoms with Crippen LogP contribution in [0.4, 0.5) is 8.78 Å². The van der Waals surface area contributed by atoms with E-state index in [-0.39, 0.29) is 11.5 Å². The lowest BCUT2D eigenvalue weighted by Gasteiger charge is -2.13. The van der Waals surface area contributed by atoms with E-state index in [9.17, 15) is 13.6 Å². The van der Waals surface area contributed by atoms with Crippen LogP contribution in [-0.4, -0.2) is 19.0 Å². The molecule has 6 heteroatoms. The van der Waals surface area contributed by atoms with Crippen molar-refractivity contribution in [2.24, 2.45) is 0 Å². The lowest BCUT2D eigenvalue weighted by Crippen LogP contribution is -2.06. The fourth-order valence-corrected chi connectivity index (χ4v) is 1.66. The Morgan fingerprint density at radius 1 is 1.33 bits per heavy atom. The molecule has 0 fully saturated rings. The van der Waals surface area contributed by atoms with Gasteiger partial charge in [-0.1, -0.05) is 15.9 Å². The number of rotatable bonds is 6. The van der Waals surface area contributed by atoms with Crippen LogP contribution in [0.1, 0.15) is 24.2 Å². The van der Waals surface area contributed by atoms with Crippen LogP contribution in [0.3, 0.4) is 0 Å². The molecule has 0 N–H and O–H groups in total. The largest absolute Gasteiger partial charge is 0.494 e. The van der Waals surface area contributed by atoms with E-state index < -0.39 is 11.4 Å². The summed E-state index contributed by atoms with van der Waals surface area (Å²) in [6, 6.07) is 4.36. The van der Waals surface area contributed by atoms with Crippen LogP contribution in [0.2, 0.25) is 0 Å². The van der Waals surface area contributed by atoms with Gasteiger partial charge in [0.2, 0.25) is 0 Å². The van der Waals surface area contributed by atoms with Crippen molar-refractivity contribution >= 4 is 21.7 Å². The summed E-state index contributed by atoms with van der Waals surface area (Å²) in [7, 11) is 0. The second-order valence-corrected chi connectivity index (χ2v) is 4.44. The lowest BCUT2D eigenvalue weighted by atomic mass is 10.1. The maximum atomic E-state index is 12.2. The highest BCUT2D eigenvalue weighted by molar-refractivity contribution is 9.09. The molecular formula is C12H13BrF2O3. The highest BCUT2D eigenvalue weighted by atomic mass is 79.9. The normalized spacial score (nSPS) is 12.3. The number of hydrogen-bond acceptors (Lipinski definition) is 3. The molecule has 0 saturated heterocycles. The van der Waals surface area contributed by atoms with Gasteiger partial charge >= 0.3 is 6.61 Å². The molecule has 100 valence electrons. The Bertz CT molecular complexity index is 424. The van der Waals surface area contributed by atoms with Crippen LogP contribution in [0.25, 0.3) is 0 Å². The van der Waals surface area contributed by atoms with E-state index >= 15 is 0 Å². The number of Topliss-reactive ketones (excluding diaryl/α,β-unsaturated/α-hetero) is 1. The maximum Gasteiger partial charge on any atom is 0.387 e. The zero-order valence-electron chi connectivity index (χ0n) is 9.95. The number of alkyl halides is 3. The summed E-state index contributed by atoms with van der Waals surface area (Å²) >= 11 is 3.19. The minimum Gasteiger partial charge on any atom is -0.494 e. The maximum absolute atomic E-state index is 12.2. The monoisotopic (exact) mass is 322 g/mol. The van der Waals surface area contributed by atoms with Gasteiger partial charge < -0.3 is 9.47 Å². The molecule has 0 aliphatic carbocycles. The van der Waals surface area contributed by atoms with Gasteiger partial charge in [-0.3, -0.25) is 4.79 Å². The number of hydrogen-bond donors (Lipinski definition) is 0. The quantitative estimate of drug-likeness (QED) is 0.749. The first-order valence-electron chi connectivity index (χ1n) is 5.31. The third-order valence-electron chi connectivity index (χ3n) is 2.09. The first-order valence-corrected chi connectivity index (χ1v) is 6.22. The predicted molar refractivity (Wildman–Crippen MR) is 66.6 cm³/mol. The van der Waals surface area contributed by atoms with Crippen molar-refractivity contribution in [1.82, 2.24) is 0 Å². The van der Waals surface area contributed by atoms with Crippen molar-refractivity contribution in [3.8, 4) is 11.5 Å². The molecule has 0 aliphatic rings. The number of benzene rings is 1. The Kier molecular flexibility index (Phi) is 5.53. The summed E-state index contributed by atoms with van der Waals surface area (Å²) in [5.41, 5.74) is 0.518. The van der Waals surface area contributed by atoms with E-state index in [4.69, 9.17) is 4.74 Å². The van der Waals surface area contributed by atoms with Gasteiger partial charge in [0, 0.05) is 6.07 Å². The molecule has 0 aliphatic heterocycles. The van der Waals surface area contributed by atoms with Crippen LogP contribution in [0.5, 0.6) is 11.5 Å². The Balaban J connectivity index is 3.08. The molecule has 1 aromatic carbocycles. The van der Waals surface area contributed by atoms with Gasteiger partial charge in [-0.25, -0.2) is 0 Å². The summed E-state index contributed by atoms with van der Waals surface area (Å²) in [6.45, 7) is 0.655. The average molecular weight is 323 g/mol. The molecule has 18 heavy (non-hydrogen) atoms. The van der Waals surface area contributed by atoms with Crippen molar-refractivity contribution in [1.29, 1.82) is 0 Å². The minimum absolute atomic E-state index is 0.0309. The van der Waals surface area contributed by atoms with Crippen molar-refractivity contribution in [3.63, 3.8) is 0 Å². The molecule has 1 rings (SSSR count). The second kappa shape index (κ2) is 6.68. The zero-order valence-corrected chi connectivity index (χ0v) is 11.5. The van der Waals surface area contributed by atoms with Crippen LogP contribution in [-0.2, 0) is 4.79 Å². The highest BCUT2D eigenvalue weighted by Crippen LogP contribution is 2.32. The molecule has 1 atom stereocenters. The highest BCUT2D eigenvalue weighted by Gasteiger charge is 2.16. The summed E-state index contributed by atoms with van der Waals surface area (Å²) in [5, 5.41) is 0. The Morgan fingerprint density at radius 2 is 1.94 bits per heavy atom. The summed E-state index contributed by atoms with van der Waals surface area (Å²) in [6.07, 6.45) is 0.